The molecule has 0 bridgehead atoms. The minimum atomic E-state index is -0.716. The van der Waals surface area contributed by atoms with E-state index in [-0.39, 0.29) is 5.91 Å². The summed E-state index contributed by atoms with van der Waals surface area (Å²) < 4.78 is 11.2. The molecule has 0 aliphatic heterocycles. The Bertz CT molecular complexity index is 725. The Kier molecular flexibility index (Phi) is 6.57. The molecule has 0 heterocycles. The van der Waals surface area contributed by atoms with E-state index in [1.165, 1.54) is 5.56 Å². The normalized spacial score (nSPS) is 11.5. The van der Waals surface area contributed by atoms with Crippen LogP contribution in [-0.4, -0.2) is 24.9 Å². The molecule has 0 saturated carbocycles. The van der Waals surface area contributed by atoms with Gasteiger partial charge in [-0.15, -0.1) is 0 Å². The molecular weight excluding hydrogens is 318 g/mol. The monoisotopic (exact) mass is 341 g/mol. The van der Waals surface area contributed by atoms with E-state index in [2.05, 4.69) is 12.2 Å². The molecule has 2 aromatic carbocycles. The van der Waals surface area contributed by atoms with Gasteiger partial charge < -0.3 is 14.8 Å². The van der Waals surface area contributed by atoms with Gasteiger partial charge in [-0.3, -0.25) is 9.59 Å². The number of anilines is 1. The van der Waals surface area contributed by atoms with Crippen molar-refractivity contribution in [2.24, 2.45) is 0 Å². The first kappa shape index (κ1) is 18.5. The van der Waals surface area contributed by atoms with E-state index in [0.29, 0.717) is 23.7 Å². The highest BCUT2D eigenvalue weighted by molar-refractivity contribution is 5.94. The predicted octanol–water partition coefficient (Wildman–Crippen LogP) is 3.87. The van der Waals surface area contributed by atoms with E-state index in [1.54, 1.807) is 25.1 Å². The van der Waals surface area contributed by atoms with Crippen LogP contribution in [0.5, 0.6) is 11.5 Å². The van der Waals surface area contributed by atoms with Gasteiger partial charge in [-0.2, -0.15) is 0 Å². The fourth-order valence-corrected chi connectivity index (χ4v) is 2.28. The molecule has 2 rings (SSSR count). The van der Waals surface area contributed by atoms with Crippen molar-refractivity contribution in [2.45, 2.75) is 33.3 Å². The summed E-state index contributed by atoms with van der Waals surface area (Å²) >= 11 is 0. The fourth-order valence-electron chi connectivity index (χ4n) is 2.28. The Hall–Kier alpha value is -2.82. The number of carbonyl (C=O) groups is 2. The average Bonchev–Trinajstić information content (AvgIpc) is 2.63. The number of nitrogens with one attached hydrogen (secondary N) is 1. The maximum absolute atomic E-state index is 12.3. The van der Waals surface area contributed by atoms with Crippen LogP contribution in [0.15, 0.2) is 42.5 Å². The van der Waals surface area contributed by atoms with Gasteiger partial charge in [0.05, 0.1) is 6.61 Å². The molecule has 5 heteroatoms. The average molecular weight is 341 g/mol. The van der Waals surface area contributed by atoms with Crippen LogP contribution in [0.2, 0.25) is 0 Å². The molecule has 0 aliphatic carbocycles. The first-order chi connectivity index (χ1) is 12.1. The second kappa shape index (κ2) is 8.87. The van der Waals surface area contributed by atoms with Crippen LogP contribution < -0.4 is 14.8 Å². The molecule has 1 atom stereocenters. The van der Waals surface area contributed by atoms with Gasteiger partial charge in [0.15, 0.2) is 17.6 Å². The molecule has 0 unspecified atom stereocenters. The number of hydrogen-bond acceptors (Lipinski definition) is 4. The summed E-state index contributed by atoms with van der Waals surface area (Å²) in [6.07, 6.45) is 0.972. The van der Waals surface area contributed by atoms with Crippen molar-refractivity contribution in [3.8, 4) is 11.5 Å². The van der Waals surface area contributed by atoms with Crippen molar-refractivity contribution in [1.82, 2.24) is 0 Å². The van der Waals surface area contributed by atoms with E-state index < -0.39 is 6.10 Å². The van der Waals surface area contributed by atoms with Crippen molar-refractivity contribution in [1.29, 1.82) is 0 Å². The summed E-state index contributed by atoms with van der Waals surface area (Å²) in [5.41, 5.74) is 2.42. The van der Waals surface area contributed by atoms with E-state index in [1.807, 2.05) is 31.2 Å². The number of rotatable bonds is 8. The second-order valence-corrected chi connectivity index (χ2v) is 5.56. The molecular formula is C20H23NO4. The number of hydrogen-bond donors (Lipinski definition) is 1. The Morgan fingerprint density at radius 3 is 2.44 bits per heavy atom. The minimum Gasteiger partial charge on any atom is -0.490 e. The standard InChI is InChI=1S/C20H23NO4/c1-4-15-6-9-17(10-7-15)21-20(23)14(3)25-18-11-8-16(13-22)12-19(18)24-5-2/h6-14H,4-5H2,1-3H3,(H,21,23)/t14-/m0/s1. The van der Waals surface area contributed by atoms with Crippen molar-refractivity contribution in [3.05, 3.63) is 53.6 Å². The number of carbonyl (C=O) groups excluding carboxylic acids is 2. The van der Waals surface area contributed by atoms with Gasteiger partial charge in [0.25, 0.3) is 5.91 Å². The smallest absolute Gasteiger partial charge is 0.265 e. The van der Waals surface area contributed by atoms with E-state index >= 15 is 0 Å². The van der Waals surface area contributed by atoms with Crippen LogP contribution in [0.25, 0.3) is 0 Å². The second-order valence-electron chi connectivity index (χ2n) is 5.56. The molecule has 0 aliphatic rings. The van der Waals surface area contributed by atoms with Crippen molar-refractivity contribution < 1.29 is 19.1 Å². The quantitative estimate of drug-likeness (QED) is 0.740. The molecule has 0 radical (unpaired) electrons. The van der Waals surface area contributed by atoms with Gasteiger partial charge in [-0.1, -0.05) is 19.1 Å². The third-order valence-electron chi connectivity index (χ3n) is 3.71. The maximum atomic E-state index is 12.3. The lowest BCUT2D eigenvalue weighted by atomic mass is 10.1. The highest BCUT2D eigenvalue weighted by Crippen LogP contribution is 2.29. The highest BCUT2D eigenvalue weighted by atomic mass is 16.5. The summed E-state index contributed by atoms with van der Waals surface area (Å²) in [7, 11) is 0. The number of benzene rings is 2. The molecule has 0 aromatic heterocycles. The topological polar surface area (TPSA) is 64.6 Å². The van der Waals surface area contributed by atoms with Gasteiger partial charge in [0.2, 0.25) is 0 Å². The Morgan fingerprint density at radius 2 is 1.84 bits per heavy atom. The summed E-state index contributed by atoms with van der Waals surface area (Å²) in [5, 5.41) is 2.83. The lowest BCUT2D eigenvalue weighted by Crippen LogP contribution is -2.30. The number of aldehydes is 1. The highest BCUT2D eigenvalue weighted by Gasteiger charge is 2.17. The van der Waals surface area contributed by atoms with Crippen molar-refractivity contribution >= 4 is 17.9 Å². The maximum Gasteiger partial charge on any atom is 0.265 e. The van der Waals surface area contributed by atoms with Crippen LogP contribution in [0, 0.1) is 0 Å². The molecule has 25 heavy (non-hydrogen) atoms. The zero-order chi connectivity index (χ0) is 18.2. The fraction of sp³-hybridized carbons (Fsp3) is 0.300. The summed E-state index contributed by atoms with van der Waals surface area (Å²) in [6, 6.07) is 12.5. The first-order valence-corrected chi connectivity index (χ1v) is 8.35. The Morgan fingerprint density at radius 1 is 1.12 bits per heavy atom. The molecule has 2 aromatic rings. The molecule has 0 spiro atoms. The zero-order valence-electron chi connectivity index (χ0n) is 14.7. The number of aryl methyl sites for hydroxylation is 1. The molecule has 1 N–H and O–H groups in total. The minimum absolute atomic E-state index is 0.258. The summed E-state index contributed by atoms with van der Waals surface area (Å²) in [6.45, 7) is 6.02. The van der Waals surface area contributed by atoms with Gasteiger partial charge in [0.1, 0.15) is 6.29 Å². The lowest BCUT2D eigenvalue weighted by Gasteiger charge is -2.17. The van der Waals surface area contributed by atoms with Crippen LogP contribution in [-0.2, 0) is 11.2 Å². The lowest BCUT2D eigenvalue weighted by molar-refractivity contribution is -0.122. The first-order valence-electron chi connectivity index (χ1n) is 8.35. The van der Waals surface area contributed by atoms with Crippen LogP contribution in [0.3, 0.4) is 0 Å². The summed E-state index contributed by atoms with van der Waals surface area (Å²) in [4.78, 5) is 23.2. The van der Waals surface area contributed by atoms with E-state index in [9.17, 15) is 9.59 Å². The van der Waals surface area contributed by atoms with Crippen LogP contribution in [0.1, 0.15) is 36.7 Å². The van der Waals surface area contributed by atoms with Gasteiger partial charge in [-0.25, -0.2) is 0 Å². The molecule has 5 nitrogen and oxygen atoms in total. The number of ether oxygens (including phenoxy) is 2. The van der Waals surface area contributed by atoms with Crippen LogP contribution in [0.4, 0.5) is 5.69 Å². The zero-order valence-corrected chi connectivity index (χ0v) is 14.7. The molecule has 0 fully saturated rings. The SMILES string of the molecule is CCOc1cc(C=O)ccc1O[C@@H](C)C(=O)Nc1ccc(CC)cc1. The van der Waals surface area contributed by atoms with Gasteiger partial charge in [0, 0.05) is 11.3 Å². The molecule has 0 saturated heterocycles. The Labute approximate surface area is 148 Å². The van der Waals surface area contributed by atoms with Crippen LogP contribution >= 0.6 is 0 Å². The summed E-state index contributed by atoms with van der Waals surface area (Å²) in [5.74, 6) is 0.613. The third kappa shape index (κ3) is 5.08. The third-order valence-corrected chi connectivity index (χ3v) is 3.71. The molecule has 132 valence electrons. The largest absolute Gasteiger partial charge is 0.490 e. The van der Waals surface area contributed by atoms with Gasteiger partial charge >= 0.3 is 0 Å². The molecule has 1 amide bonds. The van der Waals surface area contributed by atoms with Crippen molar-refractivity contribution in [3.63, 3.8) is 0 Å². The van der Waals surface area contributed by atoms with Gasteiger partial charge in [-0.05, 0) is 56.2 Å². The van der Waals surface area contributed by atoms with E-state index in [0.717, 1.165) is 18.4 Å². The Balaban J connectivity index is 2.05. The van der Waals surface area contributed by atoms with Crippen molar-refractivity contribution in [2.75, 3.05) is 11.9 Å². The van der Waals surface area contributed by atoms with E-state index in [4.69, 9.17) is 9.47 Å². The predicted molar refractivity (Wildman–Crippen MR) is 97.5 cm³/mol. The number of amides is 1.